The molecule has 0 bridgehead atoms. The molecule has 7 heteroatoms. The highest BCUT2D eigenvalue weighted by atomic mass is 35.5. The average molecular weight is 385 g/mol. The number of amides is 1. The second-order valence-electron chi connectivity index (χ2n) is 6.43. The second-order valence-corrected chi connectivity index (χ2v) is 6.87. The summed E-state index contributed by atoms with van der Waals surface area (Å²) in [4.78, 5) is 12.6. The molecule has 1 N–H and O–H groups in total. The number of aromatic nitrogens is 3. The molecule has 0 saturated carbocycles. The molecule has 0 aliphatic heterocycles. The van der Waals surface area contributed by atoms with E-state index in [1.54, 1.807) is 23.7 Å². The first kappa shape index (κ1) is 19.1. The lowest BCUT2D eigenvalue weighted by atomic mass is 10.2. The summed E-state index contributed by atoms with van der Waals surface area (Å²) in [6.07, 6.45) is 0.146. The molecule has 27 heavy (non-hydrogen) atoms. The molecule has 0 aliphatic rings. The van der Waals surface area contributed by atoms with Crippen molar-refractivity contribution in [2.75, 3.05) is 5.32 Å². The summed E-state index contributed by atoms with van der Waals surface area (Å²) in [5, 5.41) is 11.6. The molecule has 0 radical (unpaired) electrons. The molecule has 0 fully saturated rings. The Hall–Kier alpha value is -2.70. The van der Waals surface area contributed by atoms with Gasteiger partial charge >= 0.3 is 0 Å². The zero-order chi connectivity index (χ0) is 19.4. The third kappa shape index (κ3) is 4.72. The Morgan fingerprint density at radius 1 is 1.22 bits per heavy atom. The van der Waals surface area contributed by atoms with E-state index in [9.17, 15) is 4.79 Å². The quantitative estimate of drug-likeness (QED) is 0.683. The summed E-state index contributed by atoms with van der Waals surface area (Å²) >= 11 is 6.03. The second kappa shape index (κ2) is 8.33. The minimum atomic E-state index is -0.317. The van der Waals surface area contributed by atoms with E-state index in [0.717, 1.165) is 11.3 Å². The lowest BCUT2D eigenvalue weighted by Gasteiger charge is -2.09. The van der Waals surface area contributed by atoms with E-state index >= 15 is 0 Å². The Morgan fingerprint density at radius 3 is 2.74 bits per heavy atom. The van der Waals surface area contributed by atoms with Gasteiger partial charge in [-0.1, -0.05) is 35.0 Å². The van der Waals surface area contributed by atoms with Gasteiger partial charge in [0.1, 0.15) is 0 Å². The number of nitrogens with zero attached hydrogens (tertiary/aromatic N) is 3. The van der Waals surface area contributed by atoms with Crippen molar-refractivity contribution in [3.05, 3.63) is 70.5 Å². The summed E-state index contributed by atoms with van der Waals surface area (Å²) < 4.78 is 7.20. The van der Waals surface area contributed by atoms with Gasteiger partial charge in [-0.3, -0.25) is 4.79 Å². The highest BCUT2D eigenvalue weighted by molar-refractivity contribution is 6.30. The summed E-state index contributed by atoms with van der Waals surface area (Å²) in [6.45, 7) is 6.25. The van der Waals surface area contributed by atoms with Gasteiger partial charge in [0.15, 0.2) is 5.69 Å². The van der Waals surface area contributed by atoms with Crippen LogP contribution in [0.15, 0.2) is 48.5 Å². The number of hydrogen-bond donors (Lipinski definition) is 1. The molecule has 6 nitrogen and oxygen atoms in total. The van der Waals surface area contributed by atoms with E-state index in [-0.39, 0.29) is 17.7 Å². The first-order valence-corrected chi connectivity index (χ1v) is 9.02. The molecule has 1 amide bonds. The van der Waals surface area contributed by atoms with Crippen molar-refractivity contribution in [1.82, 2.24) is 15.0 Å². The Bertz CT molecular complexity index is 953. The predicted octanol–water partition coefficient (Wildman–Crippen LogP) is 4.41. The largest absolute Gasteiger partial charge is 0.374 e. The molecule has 0 saturated heterocycles. The molecular formula is C20H21ClN4O2. The number of carbonyl (C=O) groups excluding carboxylic acids is 1. The number of benzene rings is 2. The minimum absolute atomic E-state index is 0.146. The van der Waals surface area contributed by atoms with E-state index in [1.165, 1.54) is 0 Å². The van der Waals surface area contributed by atoms with Gasteiger partial charge in [-0.25, -0.2) is 4.68 Å². The molecular weight excluding hydrogens is 364 g/mol. The van der Waals surface area contributed by atoms with Gasteiger partial charge < -0.3 is 10.1 Å². The number of halogens is 1. The molecule has 0 unspecified atom stereocenters. The van der Waals surface area contributed by atoms with Gasteiger partial charge in [-0.05, 0) is 56.7 Å². The Morgan fingerprint density at radius 2 is 2.00 bits per heavy atom. The van der Waals surface area contributed by atoms with E-state index in [1.807, 2.05) is 50.2 Å². The highest BCUT2D eigenvalue weighted by Gasteiger charge is 2.17. The normalized spacial score (nSPS) is 11.0. The van der Waals surface area contributed by atoms with Crippen LogP contribution >= 0.6 is 11.6 Å². The third-order valence-electron chi connectivity index (χ3n) is 3.93. The minimum Gasteiger partial charge on any atom is -0.374 e. The maximum absolute atomic E-state index is 12.6. The smallest absolute Gasteiger partial charge is 0.278 e. The van der Waals surface area contributed by atoms with Gasteiger partial charge in [0.05, 0.1) is 24.1 Å². The van der Waals surface area contributed by atoms with Crippen LogP contribution in [-0.2, 0) is 11.3 Å². The van der Waals surface area contributed by atoms with Crippen LogP contribution in [0, 0.1) is 6.92 Å². The maximum atomic E-state index is 12.6. The van der Waals surface area contributed by atoms with Crippen LogP contribution in [0.3, 0.4) is 0 Å². The van der Waals surface area contributed by atoms with Crippen LogP contribution in [0.1, 0.15) is 35.6 Å². The van der Waals surface area contributed by atoms with Gasteiger partial charge in [0.25, 0.3) is 5.91 Å². The molecule has 0 aliphatic carbocycles. The Balaban J connectivity index is 1.76. The van der Waals surface area contributed by atoms with Gasteiger partial charge in [0.2, 0.25) is 0 Å². The summed E-state index contributed by atoms with van der Waals surface area (Å²) in [5.41, 5.74) is 3.31. The standard InChI is InChI=1S/C20H21ClN4O2/c1-13(2)27-12-15-6-4-8-17(10-15)22-20(26)19-14(3)25(24-23-19)18-9-5-7-16(21)11-18/h4-11,13H,12H2,1-3H3,(H,22,26). The van der Waals surface area contributed by atoms with Crippen molar-refractivity contribution < 1.29 is 9.53 Å². The number of anilines is 1. The maximum Gasteiger partial charge on any atom is 0.278 e. The van der Waals surface area contributed by atoms with Crippen LogP contribution < -0.4 is 5.32 Å². The fourth-order valence-corrected chi connectivity index (χ4v) is 2.77. The molecule has 3 rings (SSSR count). The van der Waals surface area contributed by atoms with Crippen molar-refractivity contribution in [3.8, 4) is 5.69 Å². The van der Waals surface area contributed by atoms with E-state index < -0.39 is 0 Å². The van der Waals surface area contributed by atoms with Crippen LogP contribution in [0.5, 0.6) is 0 Å². The van der Waals surface area contributed by atoms with E-state index in [0.29, 0.717) is 23.0 Å². The van der Waals surface area contributed by atoms with Gasteiger partial charge in [0, 0.05) is 10.7 Å². The molecule has 2 aromatic carbocycles. The zero-order valence-electron chi connectivity index (χ0n) is 15.4. The Kier molecular flexibility index (Phi) is 5.88. The lowest BCUT2D eigenvalue weighted by molar-refractivity contribution is 0.0657. The van der Waals surface area contributed by atoms with E-state index in [4.69, 9.17) is 16.3 Å². The van der Waals surface area contributed by atoms with Crippen molar-refractivity contribution in [3.63, 3.8) is 0 Å². The van der Waals surface area contributed by atoms with Crippen LogP contribution in [-0.4, -0.2) is 27.0 Å². The fraction of sp³-hybridized carbons (Fsp3) is 0.250. The van der Waals surface area contributed by atoms with Gasteiger partial charge in [-0.15, -0.1) is 5.10 Å². The molecule has 3 aromatic rings. The molecule has 1 heterocycles. The number of ether oxygens (including phenoxy) is 1. The number of carbonyl (C=O) groups is 1. The average Bonchev–Trinajstić information content (AvgIpc) is 3.02. The van der Waals surface area contributed by atoms with Crippen molar-refractivity contribution in [2.45, 2.75) is 33.5 Å². The summed E-state index contributed by atoms with van der Waals surface area (Å²) in [6, 6.07) is 14.8. The first-order chi connectivity index (χ1) is 12.9. The van der Waals surface area contributed by atoms with Crippen LogP contribution in [0.4, 0.5) is 5.69 Å². The van der Waals surface area contributed by atoms with Crippen LogP contribution in [0.2, 0.25) is 5.02 Å². The monoisotopic (exact) mass is 384 g/mol. The molecule has 0 spiro atoms. The highest BCUT2D eigenvalue weighted by Crippen LogP contribution is 2.18. The number of hydrogen-bond acceptors (Lipinski definition) is 4. The van der Waals surface area contributed by atoms with E-state index in [2.05, 4.69) is 15.6 Å². The molecule has 140 valence electrons. The van der Waals surface area contributed by atoms with Crippen molar-refractivity contribution in [1.29, 1.82) is 0 Å². The first-order valence-electron chi connectivity index (χ1n) is 8.64. The fourth-order valence-electron chi connectivity index (χ4n) is 2.58. The number of rotatable bonds is 6. The van der Waals surface area contributed by atoms with Gasteiger partial charge in [-0.2, -0.15) is 0 Å². The van der Waals surface area contributed by atoms with Crippen molar-refractivity contribution >= 4 is 23.2 Å². The summed E-state index contributed by atoms with van der Waals surface area (Å²) in [7, 11) is 0. The lowest BCUT2D eigenvalue weighted by Crippen LogP contribution is -2.14. The Labute approximate surface area is 163 Å². The van der Waals surface area contributed by atoms with Crippen LogP contribution in [0.25, 0.3) is 5.69 Å². The topological polar surface area (TPSA) is 69.0 Å². The zero-order valence-corrected chi connectivity index (χ0v) is 16.2. The van der Waals surface area contributed by atoms with Crippen molar-refractivity contribution in [2.24, 2.45) is 0 Å². The predicted molar refractivity (Wildman–Crippen MR) is 105 cm³/mol. The molecule has 0 atom stereocenters. The molecule has 1 aromatic heterocycles. The number of nitrogens with one attached hydrogen (secondary N) is 1. The third-order valence-corrected chi connectivity index (χ3v) is 4.17. The SMILES string of the molecule is Cc1c(C(=O)Nc2cccc(COC(C)C)c2)nnn1-c1cccc(Cl)c1. The summed E-state index contributed by atoms with van der Waals surface area (Å²) in [5.74, 6) is -0.317.